The minimum Gasteiger partial charge on any atom is -0.298 e. The monoisotopic (exact) mass is 408 g/mol. The minimum atomic E-state index is -0.311. The molecule has 0 unspecified atom stereocenters. The van der Waals surface area contributed by atoms with Gasteiger partial charge in [-0.1, -0.05) is 12.1 Å². The van der Waals surface area contributed by atoms with Crippen molar-refractivity contribution >= 4 is 22.7 Å². The van der Waals surface area contributed by atoms with E-state index in [1.165, 1.54) is 49.4 Å². The van der Waals surface area contributed by atoms with E-state index in [9.17, 15) is 14.4 Å². The maximum absolute atomic E-state index is 12.5. The second-order valence-corrected chi connectivity index (χ2v) is 9.70. The molecular formula is C23H28N4O3. The van der Waals surface area contributed by atoms with Gasteiger partial charge < -0.3 is 0 Å². The molecule has 4 saturated carbocycles. The van der Waals surface area contributed by atoms with Crippen LogP contribution in [0.15, 0.2) is 35.4 Å². The second kappa shape index (κ2) is 7.52. The molecular weight excluding hydrogens is 380 g/mol. The fourth-order valence-electron chi connectivity index (χ4n) is 6.58. The number of nitrogens with one attached hydrogen (secondary N) is 2. The third-order valence-electron chi connectivity index (χ3n) is 7.35. The molecule has 4 fully saturated rings. The van der Waals surface area contributed by atoms with Gasteiger partial charge >= 0.3 is 0 Å². The van der Waals surface area contributed by atoms with Gasteiger partial charge in [0.1, 0.15) is 0 Å². The van der Waals surface area contributed by atoms with Crippen LogP contribution in [0.2, 0.25) is 0 Å². The fourth-order valence-corrected chi connectivity index (χ4v) is 6.58. The Morgan fingerprint density at radius 2 is 1.63 bits per heavy atom. The zero-order valence-electron chi connectivity index (χ0n) is 17.1. The van der Waals surface area contributed by atoms with Crippen LogP contribution >= 0.6 is 0 Å². The van der Waals surface area contributed by atoms with Crippen molar-refractivity contribution in [3.8, 4) is 0 Å². The molecule has 0 saturated heterocycles. The summed E-state index contributed by atoms with van der Waals surface area (Å²) in [5, 5.41) is 0.532. The predicted octanol–water partition coefficient (Wildman–Crippen LogP) is 2.54. The van der Waals surface area contributed by atoms with Gasteiger partial charge in [0.15, 0.2) is 0 Å². The maximum Gasteiger partial charge on any atom is 0.261 e. The van der Waals surface area contributed by atoms with Crippen LogP contribution in [-0.4, -0.2) is 21.4 Å². The third kappa shape index (κ3) is 3.73. The first-order chi connectivity index (χ1) is 14.5. The molecule has 1 heterocycles. The summed E-state index contributed by atoms with van der Waals surface area (Å²) in [5.74, 6) is 1.98. The summed E-state index contributed by atoms with van der Waals surface area (Å²) in [6.45, 7) is 0.216. The molecule has 0 radical (unpaired) electrons. The lowest BCUT2D eigenvalue weighted by molar-refractivity contribution is -0.134. The molecule has 7 heteroatoms. The van der Waals surface area contributed by atoms with Crippen molar-refractivity contribution in [2.24, 2.45) is 23.2 Å². The van der Waals surface area contributed by atoms with Crippen molar-refractivity contribution in [1.29, 1.82) is 0 Å². The molecule has 7 nitrogen and oxygen atoms in total. The Hall–Kier alpha value is -2.70. The summed E-state index contributed by atoms with van der Waals surface area (Å²) in [7, 11) is 0. The van der Waals surface area contributed by atoms with E-state index in [0.29, 0.717) is 17.3 Å². The number of aromatic nitrogens is 2. The first kappa shape index (κ1) is 19.3. The lowest BCUT2D eigenvalue weighted by Gasteiger charge is -2.56. The van der Waals surface area contributed by atoms with Gasteiger partial charge in [0.05, 0.1) is 17.2 Å². The number of para-hydroxylation sites is 1. The maximum atomic E-state index is 12.5. The number of benzene rings is 1. The topological polar surface area (TPSA) is 93.1 Å². The molecule has 0 spiro atoms. The number of aryl methyl sites for hydroxylation is 1. The molecule has 2 aromatic rings. The fraction of sp³-hybridized carbons (Fsp3) is 0.565. The molecule has 2 N–H and O–H groups in total. The smallest absolute Gasteiger partial charge is 0.261 e. The number of rotatable bonds is 5. The Kier molecular flexibility index (Phi) is 4.83. The highest BCUT2D eigenvalue weighted by molar-refractivity contribution is 5.82. The van der Waals surface area contributed by atoms with E-state index in [1.54, 1.807) is 18.2 Å². The van der Waals surface area contributed by atoms with Crippen LogP contribution in [0.5, 0.6) is 0 Å². The Labute approximate surface area is 175 Å². The minimum absolute atomic E-state index is 0.0948. The molecule has 4 aliphatic carbocycles. The van der Waals surface area contributed by atoms with Gasteiger partial charge in [-0.25, -0.2) is 4.98 Å². The van der Waals surface area contributed by atoms with Gasteiger partial charge in [0.25, 0.3) is 5.56 Å². The number of nitrogens with zero attached hydrogens (tertiary/aromatic N) is 2. The number of fused-ring (bicyclic) bond motifs is 1. The molecule has 1 aromatic carbocycles. The van der Waals surface area contributed by atoms with Crippen molar-refractivity contribution in [3.63, 3.8) is 0 Å². The zero-order valence-corrected chi connectivity index (χ0v) is 17.1. The van der Waals surface area contributed by atoms with Crippen LogP contribution < -0.4 is 16.4 Å². The van der Waals surface area contributed by atoms with Crippen LogP contribution in [0.3, 0.4) is 0 Å². The van der Waals surface area contributed by atoms with Crippen molar-refractivity contribution in [1.82, 2.24) is 20.4 Å². The Balaban J connectivity index is 1.12. The SMILES string of the molecule is O=C(CCn1cnc2ccccc2c1=O)NNC(=O)CC12CC3CC(CC(C3)C1)C2. The van der Waals surface area contributed by atoms with E-state index in [2.05, 4.69) is 15.8 Å². The molecule has 0 aliphatic heterocycles. The normalized spacial score (nSPS) is 29.1. The summed E-state index contributed by atoms with van der Waals surface area (Å²) in [4.78, 5) is 41.5. The summed E-state index contributed by atoms with van der Waals surface area (Å²) < 4.78 is 1.43. The predicted molar refractivity (Wildman–Crippen MR) is 112 cm³/mol. The van der Waals surface area contributed by atoms with Crippen LogP contribution in [0, 0.1) is 23.2 Å². The Morgan fingerprint density at radius 1 is 1.00 bits per heavy atom. The van der Waals surface area contributed by atoms with Crippen LogP contribution in [0.25, 0.3) is 10.9 Å². The molecule has 4 bridgehead atoms. The highest BCUT2D eigenvalue weighted by Gasteiger charge is 2.51. The average Bonchev–Trinajstić information content (AvgIpc) is 2.70. The van der Waals surface area contributed by atoms with Gasteiger partial charge in [-0.15, -0.1) is 0 Å². The van der Waals surface area contributed by atoms with E-state index >= 15 is 0 Å². The highest BCUT2D eigenvalue weighted by Crippen LogP contribution is 2.61. The summed E-state index contributed by atoms with van der Waals surface area (Å²) >= 11 is 0. The second-order valence-electron chi connectivity index (χ2n) is 9.70. The van der Waals surface area contributed by atoms with Gasteiger partial charge in [-0.05, 0) is 73.8 Å². The first-order valence-corrected chi connectivity index (χ1v) is 11.0. The van der Waals surface area contributed by atoms with E-state index in [4.69, 9.17) is 0 Å². The van der Waals surface area contributed by atoms with E-state index in [0.717, 1.165) is 17.8 Å². The van der Waals surface area contributed by atoms with E-state index in [1.807, 2.05) is 6.07 Å². The number of hydrazine groups is 1. The summed E-state index contributed by atoms with van der Waals surface area (Å²) in [6.07, 6.45) is 9.60. The largest absolute Gasteiger partial charge is 0.298 e. The van der Waals surface area contributed by atoms with E-state index < -0.39 is 0 Å². The third-order valence-corrected chi connectivity index (χ3v) is 7.35. The van der Waals surface area contributed by atoms with Crippen LogP contribution in [0.1, 0.15) is 51.4 Å². The standard InChI is InChI=1S/C23H28N4O3/c28-20(5-6-27-14-24-19-4-2-1-3-18(19)22(27)30)25-26-21(29)13-23-10-15-7-16(11-23)9-17(8-15)12-23/h1-4,14-17H,5-13H2,(H,25,28)(H,26,29). The lowest BCUT2D eigenvalue weighted by Crippen LogP contribution is -2.50. The highest BCUT2D eigenvalue weighted by atomic mass is 16.2. The molecule has 30 heavy (non-hydrogen) atoms. The number of hydrogen-bond donors (Lipinski definition) is 2. The molecule has 4 aliphatic rings. The van der Waals surface area contributed by atoms with Gasteiger partial charge in [0.2, 0.25) is 11.8 Å². The Morgan fingerprint density at radius 3 is 2.33 bits per heavy atom. The molecule has 158 valence electrons. The first-order valence-electron chi connectivity index (χ1n) is 11.0. The molecule has 6 rings (SSSR count). The number of carbonyl (C=O) groups excluding carboxylic acids is 2. The molecule has 2 amide bonds. The van der Waals surface area contributed by atoms with Crippen molar-refractivity contribution in [2.45, 2.75) is 57.9 Å². The van der Waals surface area contributed by atoms with Crippen molar-refractivity contribution < 1.29 is 9.59 Å². The number of hydrogen-bond acceptors (Lipinski definition) is 4. The van der Waals surface area contributed by atoms with Crippen molar-refractivity contribution in [3.05, 3.63) is 40.9 Å². The zero-order chi connectivity index (χ0) is 20.7. The summed E-state index contributed by atoms with van der Waals surface area (Å²) in [5.41, 5.74) is 5.73. The molecule has 0 atom stereocenters. The van der Waals surface area contributed by atoms with E-state index in [-0.39, 0.29) is 35.8 Å². The molecule has 1 aromatic heterocycles. The number of carbonyl (C=O) groups is 2. The van der Waals surface area contributed by atoms with Crippen LogP contribution in [0.4, 0.5) is 0 Å². The summed E-state index contributed by atoms with van der Waals surface area (Å²) in [6, 6.07) is 7.14. The number of amides is 2. The van der Waals surface area contributed by atoms with Gasteiger partial charge in [-0.2, -0.15) is 0 Å². The van der Waals surface area contributed by atoms with Crippen LogP contribution in [-0.2, 0) is 16.1 Å². The Bertz CT molecular complexity index is 1010. The lowest BCUT2D eigenvalue weighted by atomic mass is 9.49. The quantitative estimate of drug-likeness (QED) is 0.744. The van der Waals surface area contributed by atoms with Gasteiger partial charge in [0, 0.05) is 19.4 Å². The average molecular weight is 409 g/mol. The van der Waals surface area contributed by atoms with Crippen molar-refractivity contribution in [2.75, 3.05) is 0 Å². The van der Waals surface area contributed by atoms with Gasteiger partial charge in [-0.3, -0.25) is 29.8 Å².